The van der Waals surface area contributed by atoms with Gasteiger partial charge in [-0.2, -0.15) is 26.3 Å². The van der Waals surface area contributed by atoms with Gasteiger partial charge in [0.05, 0.1) is 23.8 Å². The average molecular weight is 586 g/mol. The number of aromatic amines is 1. The van der Waals surface area contributed by atoms with Crippen LogP contribution < -0.4 is 5.32 Å². The summed E-state index contributed by atoms with van der Waals surface area (Å²) in [6.07, 6.45) is -9.28. The number of alkyl carbamates (subject to hydrolysis) is 1. The second-order valence-electron chi connectivity index (χ2n) is 9.66. The van der Waals surface area contributed by atoms with Gasteiger partial charge in [0.15, 0.2) is 5.78 Å². The Kier molecular flexibility index (Phi) is 10.8. The second-order valence-corrected chi connectivity index (χ2v) is 9.66. The normalized spacial score (nSPS) is 13.0. The third-order valence-electron chi connectivity index (χ3n) is 6.83. The lowest BCUT2D eigenvalue weighted by molar-refractivity contribution is -0.143. The van der Waals surface area contributed by atoms with Gasteiger partial charge in [-0.25, -0.2) is 4.79 Å². The topological polar surface area (TPSA) is 74.4 Å². The van der Waals surface area contributed by atoms with Crippen molar-refractivity contribution in [2.75, 3.05) is 26.2 Å². The standard InChI is InChI=1S/C29H33F6N3O3/c1-3-38(4-2)12-7-13-41-27(40)37-25(16-20-18-36-24-9-6-5-8-23(20)24)26(39)11-10-19-14-21(28(30,31)32)17-22(15-19)29(33,34)35/h5-6,8-9,14-15,17-18,25,36H,3-4,7,10-13,16H2,1-2H3,(H,37,40). The molecule has 2 aromatic carbocycles. The van der Waals surface area contributed by atoms with Gasteiger partial charge in [0.25, 0.3) is 0 Å². The number of hydrogen-bond donors (Lipinski definition) is 2. The number of aryl methyl sites for hydroxylation is 1. The molecule has 0 saturated carbocycles. The van der Waals surface area contributed by atoms with Crippen LogP contribution in [0.15, 0.2) is 48.7 Å². The number of amides is 1. The van der Waals surface area contributed by atoms with E-state index < -0.39 is 47.8 Å². The zero-order chi connectivity index (χ0) is 30.2. The van der Waals surface area contributed by atoms with Crippen LogP contribution in [0.1, 0.15) is 48.9 Å². The molecular formula is C29H33F6N3O3. The lowest BCUT2D eigenvalue weighted by Gasteiger charge is -2.19. The molecular weight excluding hydrogens is 552 g/mol. The summed E-state index contributed by atoms with van der Waals surface area (Å²) in [7, 11) is 0. The van der Waals surface area contributed by atoms with Crippen LogP contribution in [0.5, 0.6) is 0 Å². The first kappa shape index (κ1) is 32.0. The molecule has 1 unspecified atom stereocenters. The first-order chi connectivity index (χ1) is 19.3. The molecule has 0 bridgehead atoms. The molecule has 224 valence electrons. The van der Waals surface area contributed by atoms with Gasteiger partial charge < -0.3 is 19.9 Å². The number of hydrogen-bond acceptors (Lipinski definition) is 4. The molecule has 0 fully saturated rings. The number of ketones is 1. The third kappa shape index (κ3) is 9.24. The monoisotopic (exact) mass is 585 g/mol. The summed E-state index contributed by atoms with van der Waals surface area (Å²) in [4.78, 5) is 31.0. The molecule has 0 aliphatic heterocycles. The van der Waals surface area contributed by atoms with Gasteiger partial charge >= 0.3 is 18.4 Å². The van der Waals surface area contributed by atoms with Gasteiger partial charge in [-0.05, 0) is 61.3 Å². The van der Waals surface area contributed by atoms with Gasteiger partial charge in [-0.1, -0.05) is 32.0 Å². The van der Waals surface area contributed by atoms with Gasteiger partial charge in [0, 0.05) is 36.5 Å². The summed E-state index contributed by atoms with van der Waals surface area (Å²) in [5.74, 6) is -0.554. The predicted octanol–water partition coefficient (Wildman–Crippen LogP) is 6.78. The van der Waals surface area contributed by atoms with E-state index >= 15 is 0 Å². The fourth-order valence-corrected chi connectivity index (χ4v) is 4.55. The number of alkyl halides is 6. The molecule has 12 heteroatoms. The number of rotatable bonds is 13. The number of Topliss-reactive ketones (excluding diaryl/α,β-unsaturated/α-hetero) is 1. The smallest absolute Gasteiger partial charge is 0.416 e. The Morgan fingerprint density at radius 1 is 0.976 bits per heavy atom. The number of carbonyl (C=O) groups excluding carboxylic acids is 2. The Bertz CT molecular complexity index is 1280. The van der Waals surface area contributed by atoms with Crippen molar-refractivity contribution < 1.29 is 40.7 Å². The molecule has 1 heterocycles. The van der Waals surface area contributed by atoms with Crippen molar-refractivity contribution in [1.29, 1.82) is 0 Å². The molecule has 0 radical (unpaired) electrons. The number of fused-ring (bicyclic) bond motifs is 1. The second kappa shape index (κ2) is 13.9. The quantitative estimate of drug-likeness (QED) is 0.171. The van der Waals surface area contributed by atoms with E-state index in [4.69, 9.17) is 4.74 Å². The molecule has 0 aliphatic carbocycles. The molecule has 1 aromatic heterocycles. The first-order valence-electron chi connectivity index (χ1n) is 13.3. The van der Waals surface area contributed by atoms with Crippen molar-refractivity contribution in [2.24, 2.45) is 0 Å². The summed E-state index contributed by atoms with van der Waals surface area (Å²) >= 11 is 0. The SMILES string of the molecule is CCN(CC)CCCOC(=O)NC(Cc1c[nH]c2ccccc12)C(=O)CCc1cc(C(F)(F)F)cc(C(F)(F)F)c1. The lowest BCUT2D eigenvalue weighted by Crippen LogP contribution is -2.43. The maximum Gasteiger partial charge on any atom is 0.416 e. The highest BCUT2D eigenvalue weighted by Gasteiger charge is 2.37. The highest BCUT2D eigenvalue weighted by Crippen LogP contribution is 2.36. The number of aromatic nitrogens is 1. The number of para-hydroxylation sites is 1. The maximum absolute atomic E-state index is 13.3. The third-order valence-corrected chi connectivity index (χ3v) is 6.83. The van der Waals surface area contributed by atoms with E-state index in [-0.39, 0.29) is 31.1 Å². The summed E-state index contributed by atoms with van der Waals surface area (Å²) in [5.41, 5.74) is -1.67. The molecule has 3 aromatic rings. The molecule has 3 rings (SSSR count). The highest BCUT2D eigenvalue weighted by molar-refractivity contribution is 5.89. The van der Waals surface area contributed by atoms with Crippen molar-refractivity contribution >= 4 is 22.8 Å². The van der Waals surface area contributed by atoms with E-state index in [2.05, 4.69) is 15.2 Å². The largest absolute Gasteiger partial charge is 0.449 e. The number of H-pyrrole nitrogens is 1. The van der Waals surface area contributed by atoms with Crippen LogP contribution in [0.25, 0.3) is 10.9 Å². The van der Waals surface area contributed by atoms with Crippen LogP contribution in [0.3, 0.4) is 0 Å². The van der Waals surface area contributed by atoms with E-state index in [0.717, 1.165) is 30.5 Å². The maximum atomic E-state index is 13.3. The minimum Gasteiger partial charge on any atom is -0.449 e. The number of halogens is 6. The molecule has 1 atom stereocenters. The van der Waals surface area contributed by atoms with E-state index in [1.807, 2.05) is 32.0 Å². The Morgan fingerprint density at radius 3 is 2.22 bits per heavy atom. The zero-order valence-electron chi connectivity index (χ0n) is 22.8. The van der Waals surface area contributed by atoms with Crippen LogP contribution >= 0.6 is 0 Å². The molecule has 2 N–H and O–H groups in total. The molecule has 1 amide bonds. The Hall–Kier alpha value is -3.54. The number of benzene rings is 2. The minimum atomic E-state index is -4.99. The van der Waals surface area contributed by atoms with Gasteiger partial charge in [0.1, 0.15) is 0 Å². The van der Waals surface area contributed by atoms with E-state index in [1.165, 1.54) is 0 Å². The zero-order valence-corrected chi connectivity index (χ0v) is 22.8. The Labute approximate surface area is 234 Å². The number of carbonyl (C=O) groups is 2. The number of ether oxygens (including phenoxy) is 1. The van der Waals surface area contributed by atoms with Crippen molar-refractivity contribution in [3.05, 3.63) is 70.9 Å². The summed E-state index contributed by atoms with van der Waals surface area (Å²) in [5, 5.41) is 3.36. The predicted molar refractivity (Wildman–Crippen MR) is 142 cm³/mol. The van der Waals surface area contributed by atoms with Crippen molar-refractivity contribution in [3.63, 3.8) is 0 Å². The van der Waals surface area contributed by atoms with Crippen molar-refractivity contribution in [2.45, 2.75) is 57.9 Å². The molecule has 0 saturated heterocycles. The Balaban J connectivity index is 1.75. The van der Waals surface area contributed by atoms with Crippen LogP contribution in [-0.2, 0) is 34.7 Å². The fraction of sp³-hybridized carbons (Fsp3) is 0.448. The average Bonchev–Trinajstić information content (AvgIpc) is 3.33. The number of nitrogens with one attached hydrogen (secondary N) is 2. The molecule has 0 aliphatic rings. The highest BCUT2D eigenvalue weighted by atomic mass is 19.4. The lowest BCUT2D eigenvalue weighted by atomic mass is 9.96. The Morgan fingerprint density at radius 2 is 1.61 bits per heavy atom. The molecule has 6 nitrogen and oxygen atoms in total. The van der Waals surface area contributed by atoms with Crippen LogP contribution in [0.2, 0.25) is 0 Å². The van der Waals surface area contributed by atoms with Crippen LogP contribution in [-0.4, -0.2) is 54.0 Å². The van der Waals surface area contributed by atoms with Crippen LogP contribution in [0.4, 0.5) is 31.1 Å². The van der Waals surface area contributed by atoms with E-state index in [1.54, 1.807) is 12.3 Å². The molecule has 0 spiro atoms. The summed E-state index contributed by atoms with van der Waals surface area (Å²) in [6.45, 7) is 6.55. The van der Waals surface area contributed by atoms with Gasteiger partial charge in [-0.3, -0.25) is 4.79 Å². The number of nitrogens with zero attached hydrogens (tertiary/aromatic N) is 1. The van der Waals surface area contributed by atoms with Crippen molar-refractivity contribution in [3.8, 4) is 0 Å². The summed E-state index contributed by atoms with van der Waals surface area (Å²) < 4.78 is 84.8. The van der Waals surface area contributed by atoms with E-state index in [9.17, 15) is 35.9 Å². The minimum absolute atomic E-state index is 0.0446. The molecule has 41 heavy (non-hydrogen) atoms. The first-order valence-corrected chi connectivity index (χ1v) is 13.3. The van der Waals surface area contributed by atoms with Crippen molar-refractivity contribution in [1.82, 2.24) is 15.2 Å². The fourth-order valence-electron chi connectivity index (χ4n) is 4.55. The van der Waals surface area contributed by atoms with E-state index in [0.29, 0.717) is 24.1 Å². The van der Waals surface area contributed by atoms with Crippen LogP contribution in [0, 0.1) is 0 Å². The van der Waals surface area contributed by atoms with Gasteiger partial charge in [0.2, 0.25) is 0 Å². The van der Waals surface area contributed by atoms with Gasteiger partial charge in [-0.15, -0.1) is 0 Å². The summed E-state index contributed by atoms with van der Waals surface area (Å²) in [6, 6.07) is 7.43.